The van der Waals surface area contributed by atoms with E-state index in [-0.39, 0.29) is 72.5 Å². The topological polar surface area (TPSA) is 74.6 Å². The number of alkyl halides is 5. The zero-order valence-corrected chi connectivity index (χ0v) is 27.1. The number of hydrogen-bond acceptors (Lipinski definition) is 4. The monoisotopic (exact) mass is 658 g/mol. The molecule has 0 bridgehead atoms. The number of aliphatic hydroxyl groups is 2. The van der Waals surface area contributed by atoms with Crippen LogP contribution >= 0.6 is 0 Å². The molecule has 0 radical (unpaired) electrons. The van der Waals surface area contributed by atoms with Crippen molar-refractivity contribution in [1.82, 2.24) is 0 Å². The highest BCUT2D eigenvalue weighted by Gasteiger charge is 2.63. The first-order valence-corrected chi connectivity index (χ1v) is 18.2. The lowest BCUT2D eigenvalue weighted by molar-refractivity contribution is -0.271. The fourth-order valence-corrected chi connectivity index (χ4v) is 12.5. The maximum absolute atomic E-state index is 14.1. The third-order valence-electron chi connectivity index (χ3n) is 13.5. The SMILES string of the molecule is CC12CC[C@@](O)(C(F)(F)F)CC1=CCC1C2CCC2(C)C(CC(CC3(O)CCC(F)(F)CC3)S(=O)(=O)c3ccccc3)CCC12. The van der Waals surface area contributed by atoms with Crippen LogP contribution in [0.3, 0.4) is 0 Å². The van der Waals surface area contributed by atoms with Crippen molar-refractivity contribution in [2.75, 3.05) is 0 Å². The van der Waals surface area contributed by atoms with Crippen molar-refractivity contribution in [2.45, 2.75) is 137 Å². The molecule has 0 aliphatic heterocycles. The van der Waals surface area contributed by atoms with Crippen molar-refractivity contribution in [3.05, 3.63) is 42.0 Å². The van der Waals surface area contributed by atoms with Crippen LogP contribution in [0.4, 0.5) is 22.0 Å². The summed E-state index contributed by atoms with van der Waals surface area (Å²) in [6, 6.07) is 8.19. The van der Waals surface area contributed by atoms with Crippen molar-refractivity contribution in [1.29, 1.82) is 0 Å². The molecule has 45 heavy (non-hydrogen) atoms. The molecule has 5 aliphatic carbocycles. The summed E-state index contributed by atoms with van der Waals surface area (Å²) in [5.41, 5.74) is -3.98. The van der Waals surface area contributed by atoms with Gasteiger partial charge in [-0.25, -0.2) is 17.2 Å². The molecule has 1 aromatic rings. The van der Waals surface area contributed by atoms with Crippen molar-refractivity contribution in [2.24, 2.45) is 34.5 Å². The molecule has 1 aromatic carbocycles. The Morgan fingerprint density at radius 1 is 0.889 bits per heavy atom. The smallest absolute Gasteiger partial charge is 0.390 e. The normalized spacial score (nSPS) is 40.1. The molecule has 0 aromatic heterocycles. The first-order valence-electron chi connectivity index (χ1n) is 16.7. The Labute approximate surface area is 263 Å². The lowest BCUT2D eigenvalue weighted by atomic mass is 9.46. The molecule has 8 atom stereocenters. The number of hydrogen-bond donors (Lipinski definition) is 2. The third-order valence-corrected chi connectivity index (χ3v) is 15.6. The highest BCUT2D eigenvalue weighted by Crippen LogP contribution is 2.68. The Balaban J connectivity index is 1.25. The summed E-state index contributed by atoms with van der Waals surface area (Å²) < 4.78 is 97.5. The van der Waals surface area contributed by atoms with Gasteiger partial charge in [-0.15, -0.1) is 0 Å². The van der Waals surface area contributed by atoms with Gasteiger partial charge < -0.3 is 10.2 Å². The van der Waals surface area contributed by atoms with Gasteiger partial charge in [-0.05, 0) is 117 Å². The van der Waals surface area contributed by atoms with Gasteiger partial charge in [-0.2, -0.15) is 13.2 Å². The summed E-state index contributed by atoms with van der Waals surface area (Å²) in [6.07, 6.45) is 0.0769. The van der Waals surface area contributed by atoms with E-state index in [1.807, 2.05) is 6.08 Å². The van der Waals surface area contributed by atoms with Crippen molar-refractivity contribution < 1.29 is 40.6 Å². The van der Waals surface area contributed by atoms with E-state index in [0.717, 1.165) is 31.3 Å². The molecule has 0 saturated heterocycles. The largest absolute Gasteiger partial charge is 0.417 e. The second-order valence-electron chi connectivity index (χ2n) is 15.8. The van der Waals surface area contributed by atoms with E-state index in [0.29, 0.717) is 12.8 Å². The van der Waals surface area contributed by atoms with Crippen LogP contribution in [0, 0.1) is 34.5 Å². The Hall–Kier alpha value is -1.52. The third kappa shape index (κ3) is 5.70. The van der Waals surface area contributed by atoms with Crippen LogP contribution in [-0.4, -0.2) is 47.2 Å². The summed E-state index contributed by atoms with van der Waals surface area (Å²) in [6.45, 7) is 4.33. The van der Waals surface area contributed by atoms with E-state index in [1.165, 1.54) is 0 Å². The van der Waals surface area contributed by atoms with Crippen molar-refractivity contribution >= 4 is 9.84 Å². The summed E-state index contributed by atoms with van der Waals surface area (Å²) in [5.74, 6) is -2.02. The highest BCUT2D eigenvalue weighted by molar-refractivity contribution is 7.92. The molecule has 10 heteroatoms. The first kappa shape index (κ1) is 33.4. The lowest BCUT2D eigenvalue weighted by Gasteiger charge is -2.59. The van der Waals surface area contributed by atoms with Gasteiger partial charge in [0.2, 0.25) is 5.92 Å². The Bertz CT molecular complexity index is 1400. The molecule has 4 fully saturated rings. The predicted octanol–water partition coefficient (Wildman–Crippen LogP) is 8.42. The average Bonchev–Trinajstić information content (AvgIpc) is 3.31. The van der Waals surface area contributed by atoms with Crippen LogP contribution < -0.4 is 0 Å². The average molecular weight is 659 g/mol. The van der Waals surface area contributed by atoms with Gasteiger partial charge in [0.15, 0.2) is 15.4 Å². The van der Waals surface area contributed by atoms with Crippen LogP contribution in [0.15, 0.2) is 46.9 Å². The molecule has 0 heterocycles. The minimum atomic E-state index is -4.67. The second-order valence-corrected chi connectivity index (χ2v) is 18.0. The Morgan fingerprint density at radius 2 is 1.56 bits per heavy atom. The van der Waals surface area contributed by atoms with Gasteiger partial charge in [-0.3, -0.25) is 0 Å². The van der Waals surface area contributed by atoms with E-state index < -0.39 is 56.6 Å². The summed E-state index contributed by atoms with van der Waals surface area (Å²) in [5, 5.41) is 21.0. The molecule has 7 unspecified atom stereocenters. The van der Waals surface area contributed by atoms with Gasteiger partial charge in [0, 0.05) is 19.3 Å². The molecular weight excluding hydrogens is 611 g/mol. The summed E-state index contributed by atoms with van der Waals surface area (Å²) >= 11 is 0. The predicted molar refractivity (Wildman–Crippen MR) is 161 cm³/mol. The van der Waals surface area contributed by atoms with E-state index in [2.05, 4.69) is 13.8 Å². The van der Waals surface area contributed by atoms with Gasteiger partial charge in [-0.1, -0.05) is 43.7 Å². The maximum Gasteiger partial charge on any atom is 0.417 e. The van der Waals surface area contributed by atoms with Gasteiger partial charge >= 0.3 is 6.18 Å². The van der Waals surface area contributed by atoms with Crippen molar-refractivity contribution in [3.63, 3.8) is 0 Å². The number of halogens is 5. The number of fused-ring (bicyclic) bond motifs is 5. The van der Waals surface area contributed by atoms with Gasteiger partial charge in [0.1, 0.15) is 0 Å². The zero-order valence-electron chi connectivity index (χ0n) is 26.3. The van der Waals surface area contributed by atoms with Gasteiger partial charge in [0.25, 0.3) is 0 Å². The Kier molecular flexibility index (Phi) is 8.17. The molecule has 0 spiro atoms. The van der Waals surface area contributed by atoms with E-state index >= 15 is 0 Å². The van der Waals surface area contributed by atoms with Crippen LogP contribution in [0.5, 0.6) is 0 Å². The first-order chi connectivity index (χ1) is 20.8. The number of allylic oxidation sites excluding steroid dienone is 1. The molecule has 0 amide bonds. The quantitative estimate of drug-likeness (QED) is 0.238. The Morgan fingerprint density at radius 3 is 2.20 bits per heavy atom. The lowest BCUT2D eigenvalue weighted by Crippen LogP contribution is -2.55. The maximum atomic E-state index is 14.1. The molecule has 5 aliphatic rings. The van der Waals surface area contributed by atoms with E-state index in [9.17, 15) is 40.6 Å². The zero-order chi connectivity index (χ0) is 32.7. The molecule has 4 nitrogen and oxygen atoms in total. The number of rotatable bonds is 6. The minimum Gasteiger partial charge on any atom is -0.390 e. The highest BCUT2D eigenvalue weighted by atomic mass is 32.2. The fourth-order valence-electron chi connectivity index (χ4n) is 10.5. The van der Waals surface area contributed by atoms with Crippen molar-refractivity contribution in [3.8, 4) is 0 Å². The number of benzene rings is 1. The van der Waals surface area contributed by atoms with Crippen LogP contribution in [0.1, 0.15) is 104 Å². The van der Waals surface area contributed by atoms with Crippen LogP contribution in [0.25, 0.3) is 0 Å². The second kappa shape index (κ2) is 11.0. The van der Waals surface area contributed by atoms with Crippen LogP contribution in [-0.2, 0) is 9.84 Å². The standard InChI is InChI=1S/C35H47F5O4S/c1-30-13-12-29-27(10-8-24-21-33(42,35(38,39)40)17-14-31(24,29)2)28(30)11-9-23(30)20-26(45(43,44)25-6-4-3-5-7-25)22-32(41)15-18-34(36,37)19-16-32/h3-8,23,26-29,41-42H,9-22H2,1-2H3/t23?,26?,27?,28?,29?,30?,31?,33-/m0/s1. The van der Waals surface area contributed by atoms with Crippen LogP contribution in [0.2, 0.25) is 0 Å². The minimum absolute atomic E-state index is 0.0560. The molecular formula is C35H47F5O4S. The van der Waals surface area contributed by atoms with Gasteiger partial charge in [0.05, 0.1) is 15.7 Å². The number of sulfone groups is 1. The molecule has 252 valence electrons. The summed E-state index contributed by atoms with van der Waals surface area (Å²) in [4.78, 5) is 0.178. The molecule has 6 rings (SSSR count). The van der Waals surface area contributed by atoms with E-state index in [1.54, 1.807) is 30.3 Å². The molecule has 4 saturated carbocycles. The van der Waals surface area contributed by atoms with E-state index in [4.69, 9.17) is 0 Å². The molecule has 2 N–H and O–H groups in total. The summed E-state index contributed by atoms with van der Waals surface area (Å²) in [7, 11) is -3.86. The fraction of sp³-hybridized carbons (Fsp3) is 0.771.